The van der Waals surface area contributed by atoms with E-state index in [1.165, 1.54) is 0 Å². The smallest absolute Gasteiger partial charge is 0.317 e. The molecule has 1 aliphatic heterocycles. The van der Waals surface area contributed by atoms with Crippen molar-refractivity contribution in [2.24, 2.45) is 5.92 Å². The molecule has 2 aromatic carbocycles. The number of amides is 2. The number of nitrogens with one attached hydrogen (secondary N) is 3. The van der Waals surface area contributed by atoms with Crippen molar-refractivity contribution < 1.29 is 9.59 Å². The highest BCUT2D eigenvalue weighted by molar-refractivity contribution is 6.01. The van der Waals surface area contributed by atoms with Crippen LogP contribution in [-0.4, -0.2) is 39.7 Å². The Kier molecular flexibility index (Phi) is 8.83. The molecule has 218 valence electrons. The summed E-state index contributed by atoms with van der Waals surface area (Å²) in [6.45, 7) is 10.1. The molecule has 3 heterocycles. The van der Waals surface area contributed by atoms with Crippen LogP contribution in [0.5, 0.6) is 0 Å². The molecule has 1 atom stereocenters. The Morgan fingerprint density at radius 1 is 1.00 bits per heavy atom. The lowest BCUT2D eigenvalue weighted by molar-refractivity contribution is -0.121. The summed E-state index contributed by atoms with van der Waals surface area (Å²) in [6, 6.07) is 21.0. The van der Waals surface area contributed by atoms with E-state index in [2.05, 4.69) is 41.7 Å². The Labute approximate surface area is 248 Å². The first-order chi connectivity index (χ1) is 20.2. The number of Topliss-reactive ketones (excluding diaryl/α,β-unsaturated/α-hetero) is 1. The summed E-state index contributed by atoms with van der Waals surface area (Å²) in [5.41, 5.74) is 5.04. The van der Waals surface area contributed by atoms with Gasteiger partial charge in [-0.3, -0.25) is 15.1 Å². The molecule has 0 spiro atoms. The van der Waals surface area contributed by atoms with Gasteiger partial charge in [-0.2, -0.15) is 5.10 Å². The third kappa shape index (κ3) is 6.94. The maximum Gasteiger partial charge on any atom is 0.324 e. The van der Waals surface area contributed by atoms with Gasteiger partial charge in [0.25, 0.3) is 0 Å². The van der Waals surface area contributed by atoms with Gasteiger partial charge in [0.1, 0.15) is 11.6 Å². The summed E-state index contributed by atoms with van der Waals surface area (Å²) in [4.78, 5) is 31.6. The van der Waals surface area contributed by atoms with Crippen molar-refractivity contribution in [2.75, 3.05) is 23.7 Å². The van der Waals surface area contributed by atoms with Crippen molar-refractivity contribution in [3.63, 3.8) is 0 Å². The number of pyridine rings is 1. The van der Waals surface area contributed by atoms with E-state index in [4.69, 9.17) is 5.10 Å². The van der Waals surface area contributed by atoms with Gasteiger partial charge in [0.2, 0.25) is 0 Å². The Bertz CT molecular complexity index is 1520. The Morgan fingerprint density at radius 2 is 1.74 bits per heavy atom. The number of hydrogen-bond acceptors (Lipinski definition) is 5. The number of urea groups is 1. The van der Waals surface area contributed by atoms with E-state index in [0.717, 1.165) is 54.0 Å². The van der Waals surface area contributed by atoms with Crippen LogP contribution in [0.25, 0.3) is 5.69 Å². The minimum absolute atomic E-state index is 0.136. The second-order valence-corrected chi connectivity index (χ2v) is 12.1. The van der Waals surface area contributed by atoms with Crippen LogP contribution in [0.3, 0.4) is 0 Å². The quantitative estimate of drug-likeness (QED) is 0.230. The van der Waals surface area contributed by atoms with Crippen LogP contribution in [0.2, 0.25) is 0 Å². The summed E-state index contributed by atoms with van der Waals surface area (Å²) in [5.74, 6) is 0.547. The predicted molar refractivity (Wildman–Crippen MR) is 167 cm³/mol. The van der Waals surface area contributed by atoms with E-state index in [-0.39, 0.29) is 29.1 Å². The van der Waals surface area contributed by atoms with Gasteiger partial charge in [-0.15, -0.1) is 0 Å². The maximum atomic E-state index is 13.9. The summed E-state index contributed by atoms with van der Waals surface area (Å²) >= 11 is 0. The van der Waals surface area contributed by atoms with Crippen LogP contribution in [0.1, 0.15) is 61.9 Å². The summed E-state index contributed by atoms with van der Waals surface area (Å²) < 4.78 is 1.76. The van der Waals surface area contributed by atoms with Crippen LogP contribution in [0.15, 0.2) is 79.1 Å². The maximum absolute atomic E-state index is 13.9. The van der Waals surface area contributed by atoms with Crippen LogP contribution < -0.4 is 16.0 Å². The molecule has 2 aromatic heterocycles. The van der Waals surface area contributed by atoms with Crippen molar-refractivity contribution in [3.05, 3.63) is 102 Å². The first-order valence-electron chi connectivity index (χ1n) is 14.7. The number of carbonyl (C=O) groups excluding carboxylic acids is 2. The van der Waals surface area contributed by atoms with Gasteiger partial charge in [0.15, 0.2) is 0 Å². The first-order valence-corrected chi connectivity index (χ1v) is 14.7. The molecule has 5 rings (SSSR count). The van der Waals surface area contributed by atoms with Crippen molar-refractivity contribution in [3.8, 4) is 5.69 Å². The van der Waals surface area contributed by atoms with E-state index in [1.807, 2.05) is 73.7 Å². The molecular formula is C34H40N6O2. The molecule has 0 bridgehead atoms. The highest BCUT2D eigenvalue weighted by Gasteiger charge is 2.33. The molecule has 1 aliphatic rings. The van der Waals surface area contributed by atoms with Crippen molar-refractivity contribution in [2.45, 2.75) is 58.3 Å². The Balaban J connectivity index is 1.43. The number of anilines is 2. The number of hydrogen-bond donors (Lipinski definition) is 3. The van der Waals surface area contributed by atoms with E-state index in [1.54, 1.807) is 17.1 Å². The lowest BCUT2D eigenvalue weighted by Crippen LogP contribution is -2.34. The van der Waals surface area contributed by atoms with Crippen LogP contribution in [0.4, 0.5) is 16.3 Å². The zero-order valence-corrected chi connectivity index (χ0v) is 24.9. The average Bonchev–Trinajstić information content (AvgIpc) is 3.40. The third-order valence-electron chi connectivity index (χ3n) is 7.85. The third-order valence-corrected chi connectivity index (χ3v) is 7.85. The van der Waals surface area contributed by atoms with Gasteiger partial charge in [-0.1, -0.05) is 62.7 Å². The lowest BCUT2D eigenvalue weighted by atomic mass is 9.76. The van der Waals surface area contributed by atoms with E-state index in [9.17, 15) is 9.59 Å². The summed E-state index contributed by atoms with van der Waals surface area (Å²) in [7, 11) is 0. The van der Waals surface area contributed by atoms with Crippen molar-refractivity contribution in [1.82, 2.24) is 20.1 Å². The van der Waals surface area contributed by atoms with E-state index >= 15 is 0 Å². The zero-order chi connectivity index (χ0) is 29.7. The monoisotopic (exact) mass is 564 g/mol. The van der Waals surface area contributed by atoms with E-state index < -0.39 is 0 Å². The molecule has 0 saturated carbocycles. The highest BCUT2D eigenvalue weighted by atomic mass is 16.2. The first kappa shape index (κ1) is 29.2. The second-order valence-electron chi connectivity index (χ2n) is 12.1. The number of para-hydroxylation sites is 1. The molecule has 42 heavy (non-hydrogen) atoms. The number of aromatic nitrogens is 3. The molecule has 2 amide bonds. The van der Waals surface area contributed by atoms with Crippen LogP contribution in [-0.2, 0) is 16.6 Å². The molecule has 3 N–H and O–H groups in total. The fourth-order valence-electron chi connectivity index (χ4n) is 5.55. The molecule has 8 nitrogen and oxygen atoms in total. The minimum atomic E-state index is -0.389. The molecule has 0 radical (unpaired) electrons. The van der Waals surface area contributed by atoms with Crippen molar-refractivity contribution in [1.29, 1.82) is 0 Å². The van der Waals surface area contributed by atoms with Crippen LogP contribution >= 0.6 is 0 Å². The number of ketones is 1. The molecular weight excluding hydrogens is 524 g/mol. The molecule has 8 heteroatoms. The fraction of sp³-hybridized carbons (Fsp3) is 0.353. The topological polar surface area (TPSA) is 101 Å². The van der Waals surface area contributed by atoms with Gasteiger partial charge in [0.05, 0.1) is 11.4 Å². The SMILES string of the molecule is Cc1ccc(-n2nc(C(C)(C)C)cc2NC(=O)Nc2ccccc2C(C(=O)Cc2cccnc2)C2CCNCC2)cc1. The number of benzene rings is 2. The van der Waals surface area contributed by atoms with Gasteiger partial charge < -0.3 is 10.6 Å². The second kappa shape index (κ2) is 12.7. The lowest BCUT2D eigenvalue weighted by Gasteiger charge is -2.31. The minimum Gasteiger partial charge on any atom is -0.317 e. The number of piperidine rings is 1. The Morgan fingerprint density at radius 3 is 2.43 bits per heavy atom. The standard InChI is InChI=1S/C34H40N6O2/c1-23-11-13-26(14-12-23)40-31(21-30(39-40)34(2,3)4)38-33(42)37-28-10-6-5-9-27(28)32(25-15-18-35-19-16-25)29(41)20-24-8-7-17-36-22-24/h5-14,17,21-22,25,32,35H,15-16,18-20H2,1-4H3,(H2,37,38,42). The number of rotatable bonds is 8. The van der Waals surface area contributed by atoms with Gasteiger partial charge in [-0.25, -0.2) is 9.48 Å². The van der Waals surface area contributed by atoms with Gasteiger partial charge in [0, 0.05) is 41.9 Å². The summed E-state index contributed by atoms with van der Waals surface area (Å²) in [5, 5.41) is 14.3. The predicted octanol–water partition coefficient (Wildman–Crippen LogP) is 6.41. The summed E-state index contributed by atoms with van der Waals surface area (Å²) in [6.07, 6.45) is 5.56. The fourth-order valence-corrected chi connectivity index (χ4v) is 5.55. The molecule has 1 unspecified atom stereocenters. The normalized spacial score (nSPS) is 14.8. The van der Waals surface area contributed by atoms with E-state index in [0.29, 0.717) is 17.9 Å². The van der Waals surface area contributed by atoms with Crippen molar-refractivity contribution >= 4 is 23.3 Å². The highest BCUT2D eigenvalue weighted by Crippen LogP contribution is 2.37. The number of nitrogens with zero attached hydrogens (tertiary/aromatic N) is 3. The van der Waals surface area contributed by atoms with Gasteiger partial charge in [-0.05, 0) is 74.2 Å². The molecule has 1 saturated heterocycles. The molecule has 4 aromatic rings. The average molecular weight is 565 g/mol. The van der Waals surface area contributed by atoms with Crippen LogP contribution in [0, 0.1) is 12.8 Å². The number of carbonyl (C=O) groups is 2. The molecule has 0 aliphatic carbocycles. The Hall–Kier alpha value is -4.30. The zero-order valence-electron chi connectivity index (χ0n) is 24.9. The largest absolute Gasteiger partial charge is 0.324 e. The van der Waals surface area contributed by atoms with Gasteiger partial charge >= 0.3 is 6.03 Å². The number of aryl methyl sites for hydroxylation is 1. The molecule has 1 fully saturated rings.